The van der Waals surface area contributed by atoms with Gasteiger partial charge in [0.25, 0.3) is 0 Å². The van der Waals surface area contributed by atoms with Crippen LogP contribution in [-0.4, -0.2) is 18.5 Å². The minimum absolute atomic E-state index is 0.125. The Labute approximate surface area is 182 Å². The highest BCUT2D eigenvalue weighted by atomic mass is 35.5. The molecular formula is C23H14Cl2O5. The van der Waals surface area contributed by atoms with Gasteiger partial charge in [0.1, 0.15) is 5.75 Å². The first-order chi connectivity index (χ1) is 14.5. The lowest BCUT2D eigenvalue weighted by molar-refractivity contribution is 0.0734. The van der Waals surface area contributed by atoms with Crippen LogP contribution in [0.3, 0.4) is 0 Å². The van der Waals surface area contributed by atoms with Crippen molar-refractivity contribution in [2.45, 2.75) is 0 Å². The maximum absolute atomic E-state index is 12.4. The zero-order chi connectivity index (χ0) is 21.1. The second kappa shape index (κ2) is 8.61. The number of hydrogen-bond donors (Lipinski definition) is 0. The monoisotopic (exact) mass is 440 g/mol. The fourth-order valence-electron chi connectivity index (χ4n) is 2.80. The molecule has 0 bridgehead atoms. The van der Waals surface area contributed by atoms with Gasteiger partial charge in [0.15, 0.2) is 17.3 Å². The smallest absolute Gasteiger partial charge is 0.343 e. The predicted molar refractivity (Wildman–Crippen MR) is 114 cm³/mol. The molecule has 0 unspecified atom stereocenters. The summed E-state index contributed by atoms with van der Waals surface area (Å²) in [5.74, 6) is 0.615. The first kappa shape index (κ1) is 20.0. The van der Waals surface area contributed by atoms with E-state index in [1.54, 1.807) is 66.7 Å². The molecule has 0 spiro atoms. The van der Waals surface area contributed by atoms with E-state index in [-0.39, 0.29) is 12.6 Å². The highest BCUT2D eigenvalue weighted by molar-refractivity contribution is 6.37. The summed E-state index contributed by atoms with van der Waals surface area (Å²) in [6, 6.07) is 16.2. The van der Waals surface area contributed by atoms with Crippen molar-refractivity contribution in [3.05, 3.63) is 93.5 Å². The van der Waals surface area contributed by atoms with Gasteiger partial charge < -0.3 is 14.2 Å². The second-order valence-electron chi connectivity index (χ2n) is 6.31. The number of rotatable bonds is 5. The summed E-state index contributed by atoms with van der Waals surface area (Å²) < 4.78 is 15.8. The van der Waals surface area contributed by atoms with E-state index in [1.807, 2.05) is 0 Å². The quantitative estimate of drug-likeness (QED) is 0.216. The van der Waals surface area contributed by atoms with E-state index in [9.17, 15) is 9.59 Å². The van der Waals surface area contributed by atoms with Crippen LogP contribution in [0.5, 0.6) is 17.2 Å². The molecule has 1 heterocycles. The summed E-state index contributed by atoms with van der Waals surface area (Å²) >= 11 is 12.2. The van der Waals surface area contributed by atoms with E-state index >= 15 is 0 Å². The molecule has 30 heavy (non-hydrogen) atoms. The number of ketones is 1. The molecule has 1 aliphatic heterocycles. The molecule has 0 N–H and O–H groups in total. The molecule has 0 radical (unpaired) electrons. The molecule has 0 aliphatic carbocycles. The first-order valence-electron chi connectivity index (χ1n) is 8.89. The summed E-state index contributed by atoms with van der Waals surface area (Å²) in [5.41, 5.74) is 1.33. The highest BCUT2D eigenvalue weighted by Crippen LogP contribution is 2.33. The Morgan fingerprint density at radius 3 is 2.27 bits per heavy atom. The third kappa shape index (κ3) is 4.32. The third-order valence-corrected chi connectivity index (χ3v) is 5.02. The molecule has 150 valence electrons. The molecule has 0 aromatic heterocycles. The Morgan fingerprint density at radius 2 is 1.53 bits per heavy atom. The summed E-state index contributed by atoms with van der Waals surface area (Å²) in [7, 11) is 0. The van der Waals surface area contributed by atoms with Gasteiger partial charge in [0.2, 0.25) is 6.79 Å². The number of carbonyl (C=O) groups is 2. The lowest BCUT2D eigenvalue weighted by Crippen LogP contribution is -2.08. The number of hydrogen-bond acceptors (Lipinski definition) is 5. The Bertz CT molecular complexity index is 1130. The molecular weight excluding hydrogens is 427 g/mol. The molecule has 5 nitrogen and oxygen atoms in total. The van der Waals surface area contributed by atoms with Crippen molar-refractivity contribution in [1.29, 1.82) is 0 Å². The molecule has 0 amide bonds. The highest BCUT2D eigenvalue weighted by Gasteiger charge is 2.17. The Balaban J connectivity index is 1.43. The van der Waals surface area contributed by atoms with Crippen LogP contribution in [0.4, 0.5) is 0 Å². The minimum Gasteiger partial charge on any atom is -0.454 e. The van der Waals surface area contributed by atoms with Crippen molar-refractivity contribution in [3.8, 4) is 17.2 Å². The number of halogens is 2. The van der Waals surface area contributed by atoms with Gasteiger partial charge in [-0.2, -0.15) is 0 Å². The minimum atomic E-state index is -0.541. The van der Waals surface area contributed by atoms with Crippen LogP contribution >= 0.6 is 23.2 Å². The van der Waals surface area contributed by atoms with E-state index in [1.165, 1.54) is 6.08 Å². The van der Waals surface area contributed by atoms with E-state index < -0.39 is 5.97 Å². The fraction of sp³-hybridized carbons (Fsp3) is 0.0435. The molecule has 0 atom stereocenters. The van der Waals surface area contributed by atoms with Gasteiger partial charge in [-0.3, -0.25) is 4.79 Å². The van der Waals surface area contributed by atoms with Crippen LogP contribution in [0.15, 0.2) is 66.7 Å². The van der Waals surface area contributed by atoms with Crippen LogP contribution in [0.2, 0.25) is 10.0 Å². The lowest BCUT2D eigenvalue weighted by Gasteiger charge is -2.06. The van der Waals surface area contributed by atoms with Gasteiger partial charge in [0, 0.05) is 21.2 Å². The average Bonchev–Trinajstić information content (AvgIpc) is 3.21. The molecule has 0 fully saturated rings. The van der Waals surface area contributed by atoms with Crippen molar-refractivity contribution in [2.75, 3.05) is 6.79 Å². The number of benzene rings is 3. The van der Waals surface area contributed by atoms with Gasteiger partial charge in [-0.1, -0.05) is 29.3 Å². The molecule has 1 aliphatic rings. The standard InChI is InChI=1S/C23H14Cl2O5/c24-18-2-1-3-19(25)17(18)9-10-20(26)14-4-7-16(8-5-14)30-23(27)15-6-11-21-22(12-15)29-13-28-21/h1-12H,13H2/b10-9+. The molecule has 3 aromatic rings. The fourth-order valence-corrected chi connectivity index (χ4v) is 3.33. The number of ether oxygens (including phenoxy) is 3. The van der Waals surface area contributed by atoms with Gasteiger partial charge >= 0.3 is 5.97 Å². The number of fused-ring (bicyclic) bond motifs is 1. The van der Waals surface area contributed by atoms with E-state index in [0.717, 1.165) is 0 Å². The molecule has 7 heteroatoms. The van der Waals surface area contributed by atoms with Gasteiger partial charge in [-0.15, -0.1) is 0 Å². The SMILES string of the molecule is O=C(/C=C/c1c(Cl)cccc1Cl)c1ccc(OC(=O)c2ccc3c(c2)OCO3)cc1. The van der Waals surface area contributed by atoms with Crippen molar-refractivity contribution in [1.82, 2.24) is 0 Å². The van der Waals surface area contributed by atoms with Crippen molar-refractivity contribution < 1.29 is 23.8 Å². The Hall–Kier alpha value is -3.28. The largest absolute Gasteiger partial charge is 0.454 e. The van der Waals surface area contributed by atoms with Crippen molar-refractivity contribution in [3.63, 3.8) is 0 Å². The number of esters is 1. The Kier molecular flexibility index (Phi) is 5.74. The molecule has 0 saturated heterocycles. The summed E-state index contributed by atoms with van der Waals surface area (Å²) in [6.07, 6.45) is 2.96. The van der Waals surface area contributed by atoms with Crippen LogP contribution in [0.25, 0.3) is 6.08 Å². The maximum atomic E-state index is 12.4. The maximum Gasteiger partial charge on any atom is 0.343 e. The summed E-state index contributed by atoms with van der Waals surface area (Å²) in [6.45, 7) is 0.125. The zero-order valence-corrected chi connectivity index (χ0v) is 16.9. The van der Waals surface area contributed by atoms with E-state index in [4.69, 9.17) is 37.4 Å². The average molecular weight is 441 g/mol. The number of allylic oxidation sites excluding steroid dienone is 1. The van der Waals surface area contributed by atoms with Crippen molar-refractivity contribution >= 4 is 41.0 Å². The van der Waals surface area contributed by atoms with E-state index in [0.29, 0.717) is 44.0 Å². The summed E-state index contributed by atoms with van der Waals surface area (Å²) in [5, 5.41) is 0.912. The molecule has 0 saturated carbocycles. The lowest BCUT2D eigenvalue weighted by atomic mass is 10.1. The predicted octanol–water partition coefficient (Wildman–Crippen LogP) is 5.84. The van der Waals surface area contributed by atoms with Gasteiger partial charge in [0.05, 0.1) is 5.56 Å². The van der Waals surface area contributed by atoms with Crippen LogP contribution in [0, 0.1) is 0 Å². The first-order valence-corrected chi connectivity index (χ1v) is 9.65. The molecule has 3 aromatic carbocycles. The third-order valence-electron chi connectivity index (χ3n) is 4.36. The normalized spacial score (nSPS) is 12.2. The van der Waals surface area contributed by atoms with E-state index in [2.05, 4.69) is 0 Å². The van der Waals surface area contributed by atoms with Crippen LogP contribution < -0.4 is 14.2 Å². The van der Waals surface area contributed by atoms with Crippen LogP contribution in [0.1, 0.15) is 26.3 Å². The summed E-state index contributed by atoms with van der Waals surface area (Å²) in [4.78, 5) is 24.7. The molecule has 4 rings (SSSR count). The number of carbonyl (C=O) groups excluding carboxylic acids is 2. The van der Waals surface area contributed by atoms with Crippen molar-refractivity contribution in [2.24, 2.45) is 0 Å². The zero-order valence-electron chi connectivity index (χ0n) is 15.4. The van der Waals surface area contributed by atoms with Crippen LogP contribution in [-0.2, 0) is 0 Å². The topological polar surface area (TPSA) is 61.8 Å². The second-order valence-corrected chi connectivity index (χ2v) is 7.13. The van der Waals surface area contributed by atoms with Gasteiger partial charge in [-0.25, -0.2) is 4.79 Å². The Morgan fingerprint density at radius 1 is 0.867 bits per heavy atom. The van der Waals surface area contributed by atoms with Gasteiger partial charge in [-0.05, 0) is 66.7 Å².